The van der Waals surface area contributed by atoms with Crippen molar-refractivity contribution >= 4 is 11.5 Å². The van der Waals surface area contributed by atoms with Crippen LogP contribution in [0, 0.1) is 0 Å². The first-order valence-corrected chi connectivity index (χ1v) is 8.45. The summed E-state index contributed by atoms with van der Waals surface area (Å²) in [6, 6.07) is 16.3. The molecule has 1 N–H and O–H groups in total. The summed E-state index contributed by atoms with van der Waals surface area (Å²) in [4.78, 5) is 11.4. The van der Waals surface area contributed by atoms with E-state index in [1.54, 1.807) is 0 Å². The second-order valence-corrected chi connectivity index (χ2v) is 6.12. The van der Waals surface area contributed by atoms with Crippen LogP contribution in [0.15, 0.2) is 54.6 Å². The molecule has 2 aromatic rings. The van der Waals surface area contributed by atoms with E-state index in [0.29, 0.717) is 6.61 Å². The molecule has 0 bridgehead atoms. The number of esters is 1. The maximum absolute atomic E-state index is 11.4. The predicted octanol–water partition coefficient (Wildman–Crippen LogP) is 3.58. The molecule has 0 amide bonds. The van der Waals surface area contributed by atoms with Crippen molar-refractivity contribution in [3.63, 3.8) is 0 Å². The summed E-state index contributed by atoms with van der Waals surface area (Å²) < 4.78 is 10.4. The van der Waals surface area contributed by atoms with Gasteiger partial charge in [-0.1, -0.05) is 48.5 Å². The molecule has 0 fully saturated rings. The van der Waals surface area contributed by atoms with E-state index < -0.39 is 12.1 Å². The molecule has 25 heavy (non-hydrogen) atoms. The van der Waals surface area contributed by atoms with Crippen LogP contribution >= 0.6 is 0 Å². The molecule has 3 rings (SSSR count). The Morgan fingerprint density at radius 3 is 2.60 bits per heavy atom. The molecule has 1 aliphatic rings. The van der Waals surface area contributed by atoms with E-state index in [4.69, 9.17) is 9.47 Å². The minimum Gasteiger partial charge on any atom is -0.459 e. The highest BCUT2D eigenvalue weighted by molar-refractivity contribution is 5.74. The van der Waals surface area contributed by atoms with E-state index in [0.717, 1.165) is 29.7 Å². The first-order chi connectivity index (χ1) is 12.1. The third-order valence-electron chi connectivity index (χ3n) is 4.20. The van der Waals surface area contributed by atoms with Crippen molar-refractivity contribution in [2.45, 2.75) is 26.1 Å². The average Bonchev–Trinajstić information content (AvgIpc) is 2.67. The summed E-state index contributed by atoms with van der Waals surface area (Å²) in [5.74, 6) is -0.612. The van der Waals surface area contributed by atoms with Crippen molar-refractivity contribution in [1.29, 1.82) is 0 Å². The van der Waals surface area contributed by atoms with Gasteiger partial charge in [-0.05, 0) is 47.2 Å². The van der Waals surface area contributed by atoms with Gasteiger partial charge in [0.15, 0.2) is 0 Å². The van der Waals surface area contributed by atoms with Crippen LogP contribution in [0.2, 0.25) is 0 Å². The Morgan fingerprint density at radius 2 is 1.92 bits per heavy atom. The van der Waals surface area contributed by atoms with E-state index in [-0.39, 0.29) is 6.61 Å². The van der Waals surface area contributed by atoms with Gasteiger partial charge in [0, 0.05) is 0 Å². The Balaban J connectivity index is 1.72. The van der Waals surface area contributed by atoms with E-state index in [1.165, 1.54) is 18.1 Å². The molecule has 1 heterocycles. The molecule has 0 aliphatic carbocycles. The zero-order valence-electron chi connectivity index (χ0n) is 14.3. The first kappa shape index (κ1) is 17.4. The minimum absolute atomic E-state index is 0.155. The number of aliphatic hydroxyl groups excluding tert-OH is 1. The van der Waals surface area contributed by atoms with Gasteiger partial charge >= 0.3 is 5.97 Å². The van der Waals surface area contributed by atoms with Gasteiger partial charge in [0.1, 0.15) is 12.7 Å². The van der Waals surface area contributed by atoms with Crippen molar-refractivity contribution in [1.82, 2.24) is 0 Å². The van der Waals surface area contributed by atoms with Gasteiger partial charge in [-0.3, -0.25) is 0 Å². The van der Waals surface area contributed by atoms with Gasteiger partial charge < -0.3 is 14.6 Å². The van der Waals surface area contributed by atoms with Crippen molar-refractivity contribution in [2.75, 3.05) is 13.2 Å². The maximum Gasteiger partial charge on any atom is 0.334 e. The molecule has 1 aliphatic heterocycles. The van der Waals surface area contributed by atoms with Gasteiger partial charge in [-0.15, -0.1) is 0 Å². The largest absolute Gasteiger partial charge is 0.459 e. The predicted molar refractivity (Wildman–Crippen MR) is 96.8 cm³/mol. The highest BCUT2D eigenvalue weighted by atomic mass is 16.5. The van der Waals surface area contributed by atoms with Crippen LogP contribution in [0.3, 0.4) is 0 Å². The number of rotatable bonds is 5. The Morgan fingerprint density at radius 1 is 1.16 bits per heavy atom. The summed E-state index contributed by atoms with van der Waals surface area (Å²) in [7, 11) is 0. The summed E-state index contributed by atoms with van der Waals surface area (Å²) in [6.07, 6.45) is 1.98. The van der Waals surface area contributed by atoms with Crippen LogP contribution in [-0.2, 0) is 20.9 Å². The number of hydrogen-bond acceptors (Lipinski definition) is 4. The summed E-state index contributed by atoms with van der Waals surface area (Å²) in [5, 5.41) is 9.18. The second-order valence-electron chi connectivity index (χ2n) is 6.12. The van der Waals surface area contributed by atoms with Crippen LogP contribution in [0.5, 0.6) is 0 Å². The van der Waals surface area contributed by atoms with Crippen molar-refractivity contribution in [3.8, 4) is 11.1 Å². The van der Waals surface area contributed by atoms with Crippen molar-refractivity contribution in [3.05, 3.63) is 65.7 Å². The zero-order valence-corrected chi connectivity index (χ0v) is 14.3. The fraction of sp³-hybridized carbons (Fsp3) is 0.286. The lowest BCUT2D eigenvalue weighted by atomic mass is 9.97. The SMILES string of the molecule is C[C@@H](O)C(=O)OCc1cccc(-c2ccc(C3=CCOCC3)cc2)c1. The molecule has 0 unspecified atom stereocenters. The van der Waals surface area contributed by atoms with Crippen molar-refractivity contribution in [2.24, 2.45) is 0 Å². The lowest BCUT2D eigenvalue weighted by Crippen LogP contribution is -2.18. The second kappa shape index (κ2) is 8.10. The third-order valence-corrected chi connectivity index (χ3v) is 4.20. The molecule has 0 radical (unpaired) electrons. The fourth-order valence-electron chi connectivity index (χ4n) is 2.78. The maximum atomic E-state index is 11.4. The third kappa shape index (κ3) is 4.56. The standard InChI is InChI=1S/C21H22O4/c1-15(22)21(23)25-14-16-3-2-4-20(13-16)18-7-5-17(6-8-18)19-9-11-24-12-10-19/h2-9,13,15,22H,10-12,14H2,1H3/t15-/m1/s1. The summed E-state index contributed by atoms with van der Waals surface area (Å²) in [5.41, 5.74) is 5.63. The first-order valence-electron chi connectivity index (χ1n) is 8.45. The molecule has 130 valence electrons. The normalized spacial score (nSPS) is 15.4. The van der Waals surface area contributed by atoms with E-state index in [9.17, 15) is 9.90 Å². The smallest absolute Gasteiger partial charge is 0.334 e. The zero-order chi connectivity index (χ0) is 17.6. The minimum atomic E-state index is -1.10. The van der Waals surface area contributed by atoms with E-state index >= 15 is 0 Å². The number of hydrogen-bond donors (Lipinski definition) is 1. The van der Waals surface area contributed by atoms with Crippen LogP contribution in [-0.4, -0.2) is 30.4 Å². The Labute approximate surface area is 147 Å². The number of ether oxygens (including phenoxy) is 2. The number of benzene rings is 2. The lowest BCUT2D eigenvalue weighted by molar-refractivity contribution is -0.153. The topological polar surface area (TPSA) is 55.8 Å². The van der Waals surface area contributed by atoms with Crippen LogP contribution in [0.1, 0.15) is 24.5 Å². The molecule has 4 nitrogen and oxygen atoms in total. The monoisotopic (exact) mass is 338 g/mol. The Kier molecular flexibility index (Phi) is 5.64. The highest BCUT2D eigenvalue weighted by Gasteiger charge is 2.10. The molecule has 4 heteroatoms. The van der Waals surface area contributed by atoms with E-state index in [1.807, 2.05) is 24.3 Å². The van der Waals surface area contributed by atoms with Gasteiger partial charge in [-0.25, -0.2) is 4.79 Å². The molecule has 2 aromatic carbocycles. The Bertz CT molecular complexity index is 760. The molecule has 0 saturated heterocycles. The van der Waals surface area contributed by atoms with Gasteiger partial charge in [0.05, 0.1) is 13.2 Å². The average molecular weight is 338 g/mol. The van der Waals surface area contributed by atoms with Crippen molar-refractivity contribution < 1.29 is 19.4 Å². The molecular formula is C21H22O4. The van der Waals surface area contributed by atoms with Crippen LogP contribution in [0.4, 0.5) is 0 Å². The fourth-order valence-corrected chi connectivity index (χ4v) is 2.78. The number of carbonyl (C=O) groups is 1. The molecule has 0 saturated carbocycles. The molecule has 1 atom stereocenters. The van der Waals surface area contributed by atoms with Crippen LogP contribution < -0.4 is 0 Å². The molecule has 0 aromatic heterocycles. The number of carbonyl (C=O) groups excluding carboxylic acids is 1. The van der Waals surface area contributed by atoms with E-state index in [2.05, 4.69) is 30.3 Å². The quantitative estimate of drug-likeness (QED) is 0.847. The van der Waals surface area contributed by atoms with Gasteiger partial charge in [-0.2, -0.15) is 0 Å². The van der Waals surface area contributed by atoms with Gasteiger partial charge in [0.2, 0.25) is 0 Å². The summed E-state index contributed by atoms with van der Waals surface area (Å²) in [6.45, 7) is 3.02. The highest BCUT2D eigenvalue weighted by Crippen LogP contribution is 2.26. The summed E-state index contributed by atoms with van der Waals surface area (Å²) >= 11 is 0. The Hall–Kier alpha value is -2.43. The molecular weight excluding hydrogens is 316 g/mol. The number of aliphatic hydroxyl groups is 1. The van der Waals surface area contributed by atoms with Gasteiger partial charge in [0.25, 0.3) is 0 Å². The molecule has 0 spiro atoms. The van der Waals surface area contributed by atoms with Crippen LogP contribution in [0.25, 0.3) is 16.7 Å². The lowest BCUT2D eigenvalue weighted by Gasteiger charge is -2.14.